The number of nitrogens with zero attached hydrogens (tertiary/aromatic N) is 4. The van der Waals surface area contributed by atoms with Gasteiger partial charge in [-0.05, 0) is 32.0 Å². The molecule has 2 heterocycles. The summed E-state index contributed by atoms with van der Waals surface area (Å²) in [6.07, 6.45) is -4.87. The smallest absolute Gasteiger partial charge is 0.382 e. The molecule has 0 unspecified atom stereocenters. The topological polar surface area (TPSA) is 105 Å². The molecule has 0 saturated heterocycles. The number of rotatable bonds is 4. The van der Waals surface area contributed by atoms with E-state index in [-0.39, 0.29) is 12.4 Å². The molecule has 0 aliphatic heterocycles. The zero-order valence-electron chi connectivity index (χ0n) is 17.3. The number of carbonyl (C=O) groups excluding carboxylic acids is 1. The highest BCUT2D eigenvalue weighted by atomic mass is 19.4. The minimum absolute atomic E-state index is 0.205. The number of aryl methyl sites for hydroxylation is 1. The minimum atomic E-state index is -4.57. The number of likely N-dealkylation sites (N-methyl/N-ethyl adjacent to an activating group) is 1. The number of aliphatic hydroxyl groups is 1. The van der Waals surface area contributed by atoms with E-state index in [1.54, 1.807) is 36.5 Å². The van der Waals surface area contributed by atoms with E-state index in [0.717, 1.165) is 5.39 Å². The number of benzene rings is 1. The molecule has 0 aliphatic carbocycles. The number of hydrogen-bond acceptors (Lipinski definition) is 6. The molecule has 1 aromatic carbocycles. The van der Waals surface area contributed by atoms with Crippen LogP contribution in [0.15, 0.2) is 36.5 Å². The fourth-order valence-corrected chi connectivity index (χ4v) is 3.04. The summed E-state index contributed by atoms with van der Waals surface area (Å²) in [4.78, 5) is 25.6. The second-order valence-electron chi connectivity index (χ2n) is 6.95. The highest BCUT2D eigenvalue weighted by Gasteiger charge is 2.33. The first kappa shape index (κ1) is 23.0. The second kappa shape index (κ2) is 9.20. The Morgan fingerprint density at radius 1 is 1.28 bits per heavy atom. The highest BCUT2D eigenvalue weighted by Crippen LogP contribution is 2.24. The van der Waals surface area contributed by atoms with Gasteiger partial charge in [0, 0.05) is 34.9 Å². The van der Waals surface area contributed by atoms with Crippen molar-refractivity contribution in [1.29, 1.82) is 0 Å². The van der Waals surface area contributed by atoms with Crippen molar-refractivity contribution >= 4 is 22.6 Å². The molecule has 10 heteroatoms. The summed E-state index contributed by atoms with van der Waals surface area (Å²) in [7, 11) is 0. The van der Waals surface area contributed by atoms with Crippen LogP contribution in [0, 0.1) is 18.8 Å². The molecular weight excluding hydrogens is 423 g/mol. The Morgan fingerprint density at radius 2 is 2.03 bits per heavy atom. The summed E-state index contributed by atoms with van der Waals surface area (Å²) in [6, 6.07) is 8.48. The first-order valence-electron chi connectivity index (χ1n) is 9.63. The lowest BCUT2D eigenvalue weighted by atomic mass is 10.1. The maximum Gasteiger partial charge on any atom is 0.406 e. The van der Waals surface area contributed by atoms with Gasteiger partial charge in [0.25, 0.3) is 5.91 Å². The predicted octanol–water partition coefficient (Wildman–Crippen LogP) is 2.71. The molecule has 1 amide bonds. The number of halogens is 3. The van der Waals surface area contributed by atoms with Gasteiger partial charge in [0.05, 0.1) is 0 Å². The number of anilines is 1. The fraction of sp³-hybridized carbons (Fsp3) is 0.273. The Morgan fingerprint density at radius 3 is 2.72 bits per heavy atom. The minimum Gasteiger partial charge on any atom is -0.382 e. The first-order valence-corrected chi connectivity index (χ1v) is 9.63. The van der Waals surface area contributed by atoms with Gasteiger partial charge in [-0.1, -0.05) is 24.0 Å². The maximum absolute atomic E-state index is 12.6. The molecular formula is C22H20F3N5O2. The number of aliphatic hydroxyl groups excluding tert-OH is 1. The molecule has 0 bridgehead atoms. The van der Waals surface area contributed by atoms with Crippen molar-refractivity contribution < 1.29 is 23.1 Å². The van der Waals surface area contributed by atoms with Crippen molar-refractivity contribution in [3.8, 4) is 23.2 Å². The number of hydrogen-bond donors (Lipinski definition) is 2. The molecule has 7 nitrogen and oxygen atoms in total. The lowest BCUT2D eigenvalue weighted by molar-refractivity contribution is -0.164. The number of alkyl halides is 3. The van der Waals surface area contributed by atoms with Crippen molar-refractivity contribution in [2.75, 3.05) is 18.8 Å². The van der Waals surface area contributed by atoms with Gasteiger partial charge >= 0.3 is 6.18 Å². The third-order valence-corrected chi connectivity index (χ3v) is 4.61. The Balaban J connectivity index is 1.87. The van der Waals surface area contributed by atoms with Gasteiger partial charge in [-0.2, -0.15) is 13.2 Å². The standard InChI is InChI=1S/C22H20F3N5O2/c1-3-30(12-22(23,24)25)21(32)17(31)8-7-14-5-4-6-15(11-14)20-28-13(2)16-9-10-27-19(26)18(16)29-20/h4-6,9-11,17,31H,3,12H2,1-2H3,(H2,26,27)/t17-/m1/s1. The summed E-state index contributed by atoms with van der Waals surface area (Å²) in [5.74, 6) is 4.47. The van der Waals surface area contributed by atoms with Crippen LogP contribution in [0.4, 0.5) is 19.0 Å². The number of pyridine rings is 1. The van der Waals surface area contributed by atoms with Crippen LogP contribution < -0.4 is 5.73 Å². The van der Waals surface area contributed by atoms with E-state index in [2.05, 4.69) is 26.8 Å². The monoisotopic (exact) mass is 443 g/mol. The van der Waals surface area contributed by atoms with E-state index < -0.39 is 24.7 Å². The van der Waals surface area contributed by atoms with Gasteiger partial charge in [0.15, 0.2) is 11.9 Å². The van der Waals surface area contributed by atoms with Gasteiger partial charge in [-0.15, -0.1) is 0 Å². The van der Waals surface area contributed by atoms with Crippen LogP contribution >= 0.6 is 0 Å². The van der Waals surface area contributed by atoms with Gasteiger partial charge < -0.3 is 15.7 Å². The number of nitrogens with two attached hydrogens (primary N) is 1. The van der Waals surface area contributed by atoms with Crippen LogP contribution in [0.5, 0.6) is 0 Å². The second-order valence-corrected chi connectivity index (χ2v) is 6.95. The Hall–Kier alpha value is -3.71. The van der Waals surface area contributed by atoms with Crippen molar-refractivity contribution in [3.05, 3.63) is 47.8 Å². The Labute approximate surface area is 182 Å². The van der Waals surface area contributed by atoms with Gasteiger partial charge in [-0.25, -0.2) is 15.0 Å². The predicted molar refractivity (Wildman–Crippen MR) is 113 cm³/mol. The summed E-state index contributed by atoms with van der Waals surface area (Å²) < 4.78 is 37.8. The van der Waals surface area contributed by atoms with E-state index in [4.69, 9.17) is 5.73 Å². The van der Waals surface area contributed by atoms with Crippen LogP contribution in [0.1, 0.15) is 18.2 Å². The van der Waals surface area contributed by atoms with E-state index in [9.17, 15) is 23.1 Å². The normalized spacial score (nSPS) is 12.2. The third-order valence-electron chi connectivity index (χ3n) is 4.61. The molecule has 166 valence electrons. The van der Waals surface area contributed by atoms with Gasteiger partial charge in [0.1, 0.15) is 17.9 Å². The molecule has 0 saturated carbocycles. The molecule has 0 fully saturated rings. The largest absolute Gasteiger partial charge is 0.406 e. The van der Waals surface area contributed by atoms with Crippen molar-refractivity contribution in [3.63, 3.8) is 0 Å². The molecule has 32 heavy (non-hydrogen) atoms. The number of nitrogen functional groups attached to an aromatic ring is 1. The van der Waals surface area contributed by atoms with Crippen molar-refractivity contribution in [2.24, 2.45) is 0 Å². The van der Waals surface area contributed by atoms with Crippen molar-refractivity contribution in [2.45, 2.75) is 26.1 Å². The lowest BCUT2D eigenvalue weighted by Crippen LogP contribution is -2.43. The average molecular weight is 443 g/mol. The van der Waals surface area contributed by atoms with Crippen LogP contribution in [0.3, 0.4) is 0 Å². The highest BCUT2D eigenvalue weighted by molar-refractivity contribution is 5.89. The van der Waals surface area contributed by atoms with E-state index >= 15 is 0 Å². The molecule has 1 atom stereocenters. The van der Waals surface area contributed by atoms with Crippen molar-refractivity contribution in [1.82, 2.24) is 19.9 Å². The molecule has 3 rings (SSSR count). The Bertz CT molecular complexity index is 1220. The quantitative estimate of drug-likeness (QED) is 0.601. The van der Waals surface area contributed by atoms with Gasteiger partial charge in [0.2, 0.25) is 0 Å². The average Bonchev–Trinajstić information content (AvgIpc) is 2.75. The van der Waals surface area contributed by atoms with E-state index in [1.165, 1.54) is 6.92 Å². The Kier molecular flexibility index (Phi) is 6.60. The maximum atomic E-state index is 12.6. The molecule has 0 spiro atoms. The van der Waals surface area contributed by atoms with E-state index in [0.29, 0.717) is 33.1 Å². The molecule has 2 aromatic heterocycles. The molecule has 3 N–H and O–H groups in total. The number of amides is 1. The number of aromatic nitrogens is 3. The number of carbonyl (C=O) groups is 1. The van der Waals surface area contributed by atoms with Crippen LogP contribution in [-0.2, 0) is 4.79 Å². The van der Waals surface area contributed by atoms with Crippen LogP contribution in [-0.4, -0.2) is 56.2 Å². The molecule has 0 aliphatic rings. The third kappa shape index (κ3) is 5.31. The zero-order chi connectivity index (χ0) is 23.5. The number of fused-ring (bicyclic) bond motifs is 1. The van der Waals surface area contributed by atoms with Crippen LogP contribution in [0.25, 0.3) is 22.3 Å². The zero-order valence-corrected chi connectivity index (χ0v) is 17.3. The summed E-state index contributed by atoms with van der Waals surface area (Å²) in [5, 5.41) is 10.7. The van der Waals surface area contributed by atoms with E-state index in [1.807, 2.05) is 6.92 Å². The molecule has 0 radical (unpaired) electrons. The first-order chi connectivity index (χ1) is 15.1. The lowest BCUT2D eigenvalue weighted by Gasteiger charge is -2.23. The molecule has 3 aromatic rings. The van der Waals surface area contributed by atoms with Gasteiger partial charge in [-0.3, -0.25) is 4.79 Å². The summed E-state index contributed by atoms with van der Waals surface area (Å²) in [6.45, 7) is 1.55. The summed E-state index contributed by atoms with van der Waals surface area (Å²) >= 11 is 0. The summed E-state index contributed by atoms with van der Waals surface area (Å²) in [5.41, 5.74) is 8.18. The fourth-order valence-electron chi connectivity index (χ4n) is 3.04. The SMILES string of the molecule is CCN(CC(F)(F)F)C(=O)[C@H](O)C#Cc1cccc(-c2nc(C)c3ccnc(N)c3n2)c1. The van der Waals surface area contributed by atoms with Crippen LogP contribution in [0.2, 0.25) is 0 Å².